The molecule has 0 rings (SSSR count). The van der Waals surface area contributed by atoms with Gasteiger partial charge in [-0.05, 0) is 51.4 Å². The van der Waals surface area contributed by atoms with Crippen LogP contribution in [0.15, 0.2) is 36.5 Å². The fourth-order valence-corrected chi connectivity index (χ4v) is 9.28. The van der Waals surface area contributed by atoms with Gasteiger partial charge < -0.3 is 27.9 Å². The highest BCUT2D eigenvalue weighted by Crippen LogP contribution is 2.38. The highest BCUT2D eigenvalue weighted by molar-refractivity contribution is 7.45. The standard InChI is InChI=1S/C60H114NO8P/c1-6-8-10-12-14-15-16-17-18-19-20-21-22-23-24-25-26-27-28-29-30-31-32-33-34-35-36-37-38-39-40-41-42-43-44-45-47-49-51-53-60(63)69-58(57-68-70(64,65)67-55-54-61(3,4)5)56-66-59(62)52-50-48-46-13-11-9-7-2/h16-17,19-20,22-23,58H,6-15,18,21,24-57H2,1-5H3/b17-16-,20-19-,23-22-. The smallest absolute Gasteiger partial charge is 0.306 e. The Balaban J connectivity index is 3.77. The van der Waals surface area contributed by atoms with E-state index >= 15 is 0 Å². The van der Waals surface area contributed by atoms with Gasteiger partial charge in [0.1, 0.15) is 19.8 Å². The van der Waals surface area contributed by atoms with Crippen molar-refractivity contribution in [1.82, 2.24) is 0 Å². The molecule has 2 unspecified atom stereocenters. The molecular formula is C60H114NO8P. The van der Waals surface area contributed by atoms with E-state index in [9.17, 15) is 19.0 Å². The van der Waals surface area contributed by atoms with Gasteiger partial charge >= 0.3 is 11.9 Å². The van der Waals surface area contributed by atoms with Crippen molar-refractivity contribution in [2.45, 2.75) is 290 Å². The number of ether oxygens (including phenoxy) is 2. The van der Waals surface area contributed by atoms with Crippen molar-refractivity contribution in [2.75, 3.05) is 47.5 Å². The van der Waals surface area contributed by atoms with E-state index in [2.05, 4.69) is 50.3 Å². The van der Waals surface area contributed by atoms with Crippen LogP contribution in [0.25, 0.3) is 0 Å². The number of likely N-dealkylation sites (N-methyl/N-ethyl adjacent to an activating group) is 1. The van der Waals surface area contributed by atoms with Crippen LogP contribution in [-0.2, 0) is 32.7 Å². The van der Waals surface area contributed by atoms with Gasteiger partial charge in [-0.1, -0.05) is 256 Å². The third-order valence-electron chi connectivity index (χ3n) is 13.2. The number of hydrogen-bond acceptors (Lipinski definition) is 8. The van der Waals surface area contributed by atoms with Crippen molar-refractivity contribution in [3.05, 3.63) is 36.5 Å². The monoisotopic (exact) mass is 1010 g/mol. The second-order valence-corrected chi connectivity index (χ2v) is 22.8. The van der Waals surface area contributed by atoms with Crippen LogP contribution in [-0.4, -0.2) is 70.0 Å². The molecule has 9 nitrogen and oxygen atoms in total. The molecule has 412 valence electrons. The van der Waals surface area contributed by atoms with E-state index < -0.39 is 26.5 Å². The van der Waals surface area contributed by atoms with Gasteiger partial charge in [-0.25, -0.2) is 0 Å². The van der Waals surface area contributed by atoms with E-state index in [-0.39, 0.29) is 32.0 Å². The Bertz CT molecular complexity index is 1280. The summed E-state index contributed by atoms with van der Waals surface area (Å²) in [6.07, 6.45) is 64.0. The molecule has 2 atom stereocenters. The second kappa shape index (κ2) is 52.1. The van der Waals surface area contributed by atoms with Crippen LogP contribution in [0.3, 0.4) is 0 Å². The van der Waals surface area contributed by atoms with E-state index in [1.54, 1.807) is 0 Å². The predicted molar refractivity (Wildman–Crippen MR) is 296 cm³/mol. The molecule has 0 radical (unpaired) electrons. The number of nitrogens with zero attached hydrogens (tertiary/aromatic N) is 1. The second-order valence-electron chi connectivity index (χ2n) is 21.4. The number of carbonyl (C=O) groups excluding carboxylic acids is 2. The van der Waals surface area contributed by atoms with Gasteiger partial charge in [0.05, 0.1) is 27.7 Å². The van der Waals surface area contributed by atoms with Crippen LogP contribution in [0.5, 0.6) is 0 Å². The van der Waals surface area contributed by atoms with Crippen molar-refractivity contribution < 1.29 is 42.1 Å². The number of hydrogen-bond donors (Lipinski definition) is 0. The lowest BCUT2D eigenvalue weighted by molar-refractivity contribution is -0.870. The number of carbonyl (C=O) groups is 2. The van der Waals surface area contributed by atoms with Crippen molar-refractivity contribution >= 4 is 19.8 Å². The molecule has 0 heterocycles. The van der Waals surface area contributed by atoms with Crippen LogP contribution in [0, 0.1) is 0 Å². The maximum atomic E-state index is 12.7. The molecule has 10 heteroatoms. The molecule has 0 N–H and O–H groups in total. The zero-order chi connectivity index (χ0) is 51.3. The Morgan fingerprint density at radius 3 is 1.14 bits per heavy atom. The lowest BCUT2D eigenvalue weighted by atomic mass is 10.0. The summed E-state index contributed by atoms with van der Waals surface area (Å²) < 4.78 is 33.9. The SMILES string of the molecule is CCCCCCC/C=C\C/C=C\C/C=C\CCCCCCCCCCCCCCCCCCCCCCCCCCC(=O)OC(COC(=O)CCCCCCCCC)COP(=O)([O-])OCC[N+](C)(C)C. The summed E-state index contributed by atoms with van der Waals surface area (Å²) >= 11 is 0. The van der Waals surface area contributed by atoms with Gasteiger partial charge in [-0.15, -0.1) is 0 Å². The van der Waals surface area contributed by atoms with Crippen LogP contribution in [0.1, 0.15) is 284 Å². The number of rotatable bonds is 55. The predicted octanol–water partition coefficient (Wildman–Crippen LogP) is 17.7. The zero-order valence-electron chi connectivity index (χ0n) is 46.7. The number of phosphoric ester groups is 1. The molecule has 70 heavy (non-hydrogen) atoms. The van der Waals surface area contributed by atoms with Crippen molar-refractivity contribution in [2.24, 2.45) is 0 Å². The Morgan fingerprint density at radius 1 is 0.443 bits per heavy atom. The number of unbranched alkanes of at least 4 members (excludes halogenated alkanes) is 35. The molecule has 0 aliphatic carbocycles. The van der Waals surface area contributed by atoms with Crippen LogP contribution in [0.2, 0.25) is 0 Å². The summed E-state index contributed by atoms with van der Waals surface area (Å²) in [6.45, 7) is 4.20. The molecule has 0 saturated heterocycles. The number of quaternary nitrogens is 1. The van der Waals surface area contributed by atoms with Crippen LogP contribution >= 0.6 is 7.82 Å². The highest BCUT2D eigenvalue weighted by Gasteiger charge is 2.22. The highest BCUT2D eigenvalue weighted by atomic mass is 31.2. The maximum Gasteiger partial charge on any atom is 0.306 e. The van der Waals surface area contributed by atoms with Crippen molar-refractivity contribution in [1.29, 1.82) is 0 Å². The Morgan fingerprint density at radius 2 is 0.771 bits per heavy atom. The largest absolute Gasteiger partial charge is 0.756 e. The molecule has 0 spiro atoms. The van der Waals surface area contributed by atoms with E-state index in [1.807, 2.05) is 21.1 Å². The fraction of sp³-hybridized carbons (Fsp3) is 0.867. The molecule has 0 aromatic carbocycles. The molecule has 0 aromatic rings. The summed E-state index contributed by atoms with van der Waals surface area (Å²) in [5.74, 6) is -0.828. The zero-order valence-corrected chi connectivity index (χ0v) is 47.6. The molecule has 0 aliphatic rings. The van der Waals surface area contributed by atoms with Gasteiger partial charge in [0.2, 0.25) is 0 Å². The summed E-state index contributed by atoms with van der Waals surface area (Å²) in [4.78, 5) is 37.5. The molecule has 0 bridgehead atoms. The molecule has 0 saturated carbocycles. The average molecular weight is 1010 g/mol. The summed E-state index contributed by atoms with van der Waals surface area (Å²) in [7, 11) is 1.18. The lowest BCUT2D eigenvalue weighted by Crippen LogP contribution is -2.37. The lowest BCUT2D eigenvalue weighted by Gasteiger charge is -2.28. The minimum absolute atomic E-state index is 0.0279. The van der Waals surface area contributed by atoms with E-state index in [4.69, 9.17) is 18.5 Å². The number of esters is 2. The van der Waals surface area contributed by atoms with Crippen LogP contribution < -0.4 is 4.89 Å². The van der Waals surface area contributed by atoms with E-state index in [0.717, 1.165) is 44.9 Å². The average Bonchev–Trinajstić information content (AvgIpc) is 3.32. The van der Waals surface area contributed by atoms with Gasteiger partial charge in [0, 0.05) is 12.8 Å². The normalized spacial score (nSPS) is 13.5. The van der Waals surface area contributed by atoms with Crippen molar-refractivity contribution in [3.8, 4) is 0 Å². The first kappa shape index (κ1) is 68.2. The van der Waals surface area contributed by atoms with Gasteiger partial charge in [-0.2, -0.15) is 0 Å². The Labute approximate surface area is 433 Å². The van der Waals surface area contributed by atoms with Gasteiger partial charge in [-0.3, -0.25) is 14.2 Å². The minimum Gasteiger partial charge on any atom is -0.756 e. The summed E-state index contributed by atoms with van der Waals surface area (Å²) in [6, 6.07) is 0. The maximum absolute atomic E-state index is 12.7. The topological polar surface area (TPSA) is 111 Å². The molecule has 0 amide bonds. The Kier molecular flexibility index (Phi) is 50.8. The van der Waals surface area contributed by atoms with Crippen LogP contribution in [0.4, 0.5) is 0 Å². The molecule has 0 fully saturated rings. The van der Waals surface area contributed by atoms with E-state index in [0.29, 0.717) is 17.4 Å². The fourth-order valence-electron chi connectivity index (χ4n) is 8.55. The third kappa shape index (κ3) is 55.5. The summed E-state index contributed by atoms with van der Waals surface area (Å²) in [5, 5.41) is 0. The van der Waals surface area contributed by atoms with Gasteiger partial charge in [0.25, 0.3) is 7.82 Å². The Hall–Kier alpha value is -1.77. The third-order valence-corrected chi connectivity index (χ3v) is 14.1. The number of phosphoric acid groups is 1. The molecule has 0 aliphatic heterocycles. The van der Waals surface area contributed by atoms with Crippen molar-refractivity contribution in [3.63, 3.8) is 0 Å². The first-order valence-electron chi connectivity index (χ1n) is 29.7. The first-order valence-corrected chi connectivity index (χ1v) is 31.2. The molecule has 0 aromatic heterocycles. The number of allylic oxidation sites excluding steroid dienone is 6. The molecular weight excluding hydrogens is 894 g/mol. The van der Waals surface area contributed by atoms with E-state index in [1.165, 1.54) is 205 Å². The summed E-state index contributed by atoms with van der Waals surface area (Å²) in [5.41, 5.74) is 0. The first-order chi connectivity index (χ1) is 34.0. The minimum atomic E-state index is -4.62. The quantitative estimate of drug-likeness (QED) is 0.0195. The van der Waals surface area contributed by atoms with Gasteiger partial charge in [0.15, 0.2) is 6.10 Å².